The first kappa shape index (κ1) is 12.0. The molecule has 0 heterocycles. The zero-order valence-corrected chi connectivity index (χ0v) is 9.79. The van der Waals surface area contributed by atoms with Crippen molar-refractivity contribution in [3.05, 3.63) is 60.9 Å². The van der Waals surface area contributed by atoms with E-state index in [1.54, 1.807) is 0 Å². The van der Waals surface area contributed by atoms with Crippen molar-refractivity contribution in [2.75, 3.05) is 0 Å². The molecule has 0 saturated carbocycles. The Labute approximate surface area is 94.1 Å². The van der Waals surface area contributed by atoms with Gasteiger partial charge in [0.05, 0.1) is 0 Å². The molecule has 0 aromatic rings. The van der Waals surface area contributed by atoms with Crippen LogP contribution in [-0.4, -0.2) is 0 Å². The van der Waals surface area contributed by atoms with Gasteiger partial charge in [-0.2, -0.15) is 0 Å². The summed E-state index contributed by atoms with van der Waals surface area (Å²) in [6.07, 6.45) is 13.0. The molecule has 0 aromatic heterocycles. The van der Waals surface area contributed by atoms with Crippen molar-refractivity contribution in [1.82, 2.24) is 0 Å². The minimum Gasteiger partial charge on any atom is -0.0807 e. The smallest absolute Gasteiger partial charge is 0.00178 e. The normalized spacial score (nSPS) is 22.9. The Morgan fingerprint density at radius 1 is 1.53 bits per heavy atom. The van der Waals surface area contributed by atoms with Crippen molar-refractivity contribution in [2.45, 2.75) is 26.7 Å². The number of hydrogen-bond donors (Lipinski definition) is 0. The highest BCUT2D eigenvalue weighted by Crippen LogP contribution is 2.25. The summed E-state index contributed by atoms with van der Waals surface area (Å²) in [7, 11) is 0. The van der Waals surface area contributed by atoms with Gasteiger partial charge in [0.1, 0.15) is 0 Å². The molecule has 0 nitrogen and oxygen atoms in total. The van der Waals surface area contributed by atoms with E-state index in [1.165, 1.54) is 11.1 Å². The van der Waals surface area contributed by atoms with Gasteiger partial charge in [0, 0.05) is 5.92 Å². The molecule has 0 bridgehead atoms. The fraction of sp³-hybridized carbons (Fsp3) is 0.333. The highest BCUT2D eigenvalue weighted by molar-refractivity contribution is 5.30. The summed E-state index contributed by atoms with van der Waals surface area (Å²) in [6, 6.07) is 0. The average molecular weight is 200 g/mol. The minimum absolute atomic E-state index is 0.529. The van der Waals surface area contributed by atoms with E-state index in [1.807, 2.05) is 6.92 Å². The number of rotatable bonds is 3. The van der Waals surface area contributed by atoms with Gasteiger partial charge in [0.15, 0.2) is 0 Å². The molecule has 0 heteroatoms. The van der Waals surface area contributed by atoms with Gasteiger partial charge in [-0.05, 0) is 40.5 Å². The number of hydrogen-bond acceptors (Lipinski definition) is 0. The lowest BCUT2D eigenvalue weighted by molar-refractivity contribution is 0.740. The minimum atomic E-state index is 0.529. The molecule has 0 saturated heterocycles. The second-order valence-electron chi connectivity index (χ2n) is 4.15. The standard InChI is InChI=1S/C15H20/c1-5-14(9-6-12(2)3)15-10-7-13(4)8-11-15/h6-10,15H,1-2,5,11H2,3-4H3/b12-6+,14-9+. The van der Waals surface area contributed by atoms with E-state index in [0.29, 0.717) is 5.92 Å². The fourth-order valence-corrected chi connectivity index (χ4v) is 1.64. The van der Waals surface area contributed by atoms with Crippen LogP contribution in [0.3, 0.4) is 0 Å². The molecule has 0 amide bonds. The lowest BCUT2D eigenvalue weighted by Gasteiger charge is -2.17. The zero-order chi connectivity index (χ0) is 11.3. The molecule has 15 heavy (non-hydrogen) atoms. The molecule has 2 radical (unpaired) electrons. The van der Waals surface area contributed by atoms with Crippen LogP contribution >= 0.6 is 0 Å². The Morgan fingerprint density at radius 2 is 2.27 bits per heavy atom. The van der Waals surface area contributed by atoms with Gasteiger partial charge in [0.2, 0.25) is 0 Å². The van der Waals surface area contributed by atoms with Crippen LogP contribution < -0.4 is 0 Å². The largest absolute Gasteiger partial charge is 0.0807 e. The second-order valence-corrected chi connectivity index (χ2v) is 4.15. The summed E-state index contributed by atoms with van der Waals surface area (Å²) >= 11 is 0. The Bertz CT molecular complexity index is 320. The third-order valence-corrected chi connectivity index (χ3v) is 2.63. The Balaban J connectivity index is 2.73. The van der Waals surface area contributed by atoms with Gasteiger partial charge in [0.25, 0.3) is 0 Å². The Kier molecular flexibility index (Phi) is 4.61. The second kappa shape index (κ2) is 5.75. The van der Waals surface area contributed by atoms with Crippen molar-refractivity contribution in [1.29, 1.82) is 0 Å². The van der Waals surface area contributed by atoms with Crippen molar-refractivity contribution in [3.63, 3.8) is 0 Å². The van der Waals surface area contributed by atoms with Gasteiger partial charge < -0.3 is 0 Å². The van der Waals surface area contributed by atoms with Crippen molar-refractivity contribution >= 4 is 0 Å². The molecule has 1 rings (SSSR count). The van der Waals surface area contributed by atoms with Crippen LogP contribution in [0.15, 0.2) is 47.1 Å². The molecule has 80 valence electrons. The molecule has 0 fully saturated rings. The summed E-state index contributed by atoms with van der Waals surface area (Å²) in [4.78, 5) is 0. The van der Waals surface area contributed by atoms with Gasteiger partial charge in [-0.3, -0.25) is 0 Å². The lowest BCUT2D eigenvalue weighted by atomic mass is 9.88. The van der Waals surface area contributed by atoms with E-state index in [9.17, 15) is 0 Å². The van der Waals surface area contributed by atoms with Crippen molar-refractivity contribution < 1.29 is 0 Å². The molecule has 0 aromatic carbocycles. The number of allylic oxidation sites excluding steroid dienone is 8. The van der Waals surface area contributed by atoms with Gasteiger partial charge in [-0.1, -0.05) is 47.1 Å². The van der Waals surface area contributed by atoms with E-state index < -0.39 is 0 Å². The SMILES string of the molecule is [CH2]C/C(=C\C=C(/[CH2])C)C1C=CC(C)=CC1. The first-order valence-electron chi connectivity index (χ1n) is 5.47. The summed E-state index contributed by atoms with van der Waals surface area (Å²) < 4.78 is 0. The van der Waals surface area contributed by atoms with E-state index in [4.69, 9.17) is 0 Å². The summed E-state index contributed by atoms with van der Waals surface area (Å²) in [5, 5.41) is 0. The van der Waals surface area contributed by atoms with E-state index in [-0.39, 0.29) is 0 Å². The Morgan fingerprint density at radius 3 is 2.73 bits per heavy atom. The third kappa shape index (κ3) is 3.91. The summed E-state index contributed by atoms with van der Waals surface area (Å²) in [6.45, 7) is 12.0. The van der Waals surface area contributed by atoms with Crippen LogP contribution in [0.2, 0.25) is 0 Å². The molecule has 0 aliphatic heterocycles. The molecule has 1 unspecified atom stereocenters. The molecule has 0 N–H and O–H groups in total. The monoisotopic (exact) mass is 200 g/mol. The van der Waals surface area contributed by atoms with Gasteiger partial charge in [-0.25, -0.2) is 0 Å². The van der Waals surface area contributed by atoms with Crippen LogP contribution in [0.4, 0.5) is 0 Å². The highest BCUT2D eigenvalue weighted by Gasteiger charge is 2.10. The maximum atomic E-state index is 3.99. The first-order valence-corrected chi connectivity index (χ1v) is 5.47. The topological polar surface area (TPSA) is 0 Å². The highest BCUT2D eigenvalue weighted by atomic mass is 14.1. The van der Waals surface area contributed by atoms with Crippen LogP contribution in [-0.2, 0) is 0 Å². The Hall–Kier alpha value is -1.04. The van der Waals surface area contributed by atoms with Gasteiger partial charge in [-0.15, -0.1) is 0 Å². The van der Waals surface area contributed by atoms with E-state index in [0.717, 1.165) is 18.4 Å². The molecular weight excluding hydrogens is 180 g/mol. The van der Waals surface area contributed by atoms with Crippen LogP contribution in [0.1, 0.15) is 26.7 Å². The predicted molar refractivity (Wildman–Crippen MR) is 68.2 cm³/mol. The lowest BCUT2D eigenvalue weighted by Crippen LogP contribution is -2.02. The van der Waals surface area contributed by atoms with E-state index in [2.05, 4.69) is 51.2 Å². The van der Waals surface area contributed by atoms with Crippen molar-refractivity contribution in [2.24, 2.45) is 5.92 Å². The molecule has 1 atom stereocenters. The van der Waals surface area contributed by atoms with Crippen LogP contribution in [0.5, 0.6) is 0 Å². The predicted octanol–water partition coefficient (Wildman–Crippen LogP) is 4.44. The third-order valence-electron chi connectivity index (χ3n) is 2.63. The van der Waals surface area contributed by atoms with Crippen LogP contribution in [0.25, 0.3) is 0 Å². The summed E-state index contributed by atoms with van der Waals surface area (Å²) in [5.41, 5.74) is 3.84. The first-order chi connectivity index (χ1) is 7.13. The molecule has 1 aliphatic rings. The summed E-state index contributed by atoms with van der Waals surface area (Å²) in [5.74, 6) is 0.529. The zero-order valence-electron chi connectivity index (χ0n) is 9.79. The average Bonchev–Trinajstić information content (AvgIpc) is 2.21. The quantitative estimate of drug-likeness (QED) is 0.591. The molecule has 0 spiro atoms. The van der Waals surface area contributed by atoms with E-state index >= 15 is 0 Å². The maximum absolute atomic E-state index is 3.99. The van der Waals surface area contributed by atoms with Crippen molar-refractivity contribution in [3.8, 4) is 0 Å². The molecule has 1 aliphatic carbocycles. The van der Waals surface area contributed by atoms with Gasteiger partial charge >= 0.3 is 0 Å². The molecular formula is C15H20. The van der Waals surface area contributed by atoms with Crippen LogP contribution in [0, 0.1) is 19.8 Å². The maximum Gasteiger partial charge on any atom is 0.00178 e. The fourth-order valence-electron chi connectivity index (χ4n) is 1.64.